The van der Waals surface area contributed by atoms with Gasteiger partial charge in [0, 0.05) is 34.6 Å². The van der Waals surface area contributed by atoms with Crippen molar-refractivity contribution in [1.82, 2.24) is 10.2 Å². The van der Waals surface area contributed by atoms with E-state index in [1.165, 1.54) is 17.0 Å². The zero-order valence-corrected chi connectivity index (χ0v) is 28.0. The van der Waals surface area contributed by atoms with Crippen molar-refractivity contribution in [2.24, 2.45) is 0 Å². The first-order chi connectivity index (χ1) is 21.4. The van der Waals surface area contributed by atoms with Crippen LogP contribution in [-0.2, 0) is 32.6 Å². The molecule has 4 rings (SSSR count). The van der Waals surface area contributed by atoms with Crippen LogP contribution in [0.2, 0.25) is 10.0 Å². The van der Waals surface area contributed by atoms with Gasteiger partial charge in [0.05, 0.1) is 10.6 Å². The van der Waals surface area contributed by atoms with E-state index in [9.17, 15) is 18.0 Å². The first kappa shape index (κ1) is 34.0. The van der Waals surface area contributed by atoms with E-state index in [4.69, 9.17) is 23.2 Å². The zero-order valence-electron chi connectivity index (χ0n) is 25.7. The number of halogens is 2. The predicted octanol–water partition coefficient (Wildman–Crippen LogP) is 6.97. The molecule has 10 heteroatoms. The summed E-state index contributed by atoms with van der Waals surface area (Å²) in [6, 6.07) is 26.3. The van der Waals surface area contributed by atoms with Gasteiger partial charge in [0.1, 0.15) is 12.6 Å². The van der Waals surface area contributed by atoms with Gasteiger partial charge >= 0.3 is 0 Å². The summed E-state index contributed by atoms with van der Waals surface area (Å²) in [5.74, 6) is -0.974. The molecule has 0 saturated carbocycles. The maximum Gasteiger partial charge on any atom is 0.264 e. The highest BCUT2D eigenvalue weighted by Gasteiger charge is 2.35. The highest BCUT2D eigenvalue weighted by molar-refractivity contribution is 7.92. The Hall–Kier alpha value is -3.85. The minimum atomic E-state index is -4.19. The minimum absolute atomic E-state index is 0.0371. The molecule has 0 saturated heterocycles. The van der Waals surface area contributed by atoms with Gasteiger partial charge in [-0.2, -0.15) is 0 Å². The molecule has 4 aromatic rings. The number of sulfonamides is 1. The largest absolute Gasteiger partial charge is 0.352 e. The van der Waals surface area contributed by atoms with Crippen LogP contribution in [0.4, 0.5) is 5.69 Å². The van der Waals surface area contributed by atoms with E-state index in [0.717, 1.165) is 21.0 Å². The van der Waals surface area contributed by atoms with Crippen molar-refractivity contribution in [1.29, 1.82) is 0 Å². The highest BCUT2D eigenvalue weighted by atomic mass is 35.5. The fourth-order valence-electron chi connectivity index (χ4n) is 4.92. The summed E-state index contributed by atoms with van der Waals surface area (Å²) in [4.78, 5) is 29.8. The maximum absolute atomic E-state index is 14.6. The quantitative estimate of drug-likeness (QED) is 0.177. The number of nitrogens with one attached hydrogen (secondary N) is 1. The summed E-state index contributed by atoms with van der Waals surface area (Å²) in [5, 5.41) is 3.59. The number of aryl methyl sites for hydroxylation is 2. The topological polar surface area (TPSA) is 86.8 Å². The standard InChI is InChI=1S/C35H37Cl2N3O4S/c1-24(2)38-35(42)33(21-27-12-7-5-8-13-27)39(22-30-31(36)16-11-17-32(30)37)34(41)23-40(28-19-18-25(3)26(4)20-28)45(43,44)29-14-9-6-10-15-29/h5-20,24,33H,21-23H2,1-4H3,(H,38,42)/t33-/m1/s1. The fraction of sp³-hybridized carbons (Fsp3) is 0.257. The zero-order chi connectivity index (χ0) is 32.7. The normalized spacial score (nSPS) is 12.1. The molecule has 0 aliphatic heterocycles. The number of carbonyl (C=O) groups excluding carboxylic acids is 2. The first-order valence-corrected chi connectivity index (χ1v) is 16.8. The molecular formula is C35H37Cl2N3O4S. The van der Waals surface area contributed by atoms with Crippen molar-refractivity contribution in [3.05, 3.63) is 129 Å². The summed E-state index contributed by atoms with van der Waals surface area (Å²) in [6.07, 6.45) is 0.183. The second-order valence-corrected chi connectivity index (χ2v) is 13.9. The van der Waals surface area contributed by atoms with Crippen LogP contribution in [0.1, 0.15) is 36.1 Å². The monoisotopic (exact) mass is 665 g/mol. The molecule has 2 amide bonds. The van der Waals surface area contributed by atoms with E-state index in [2.05, 4.69) is 5.32 Å². The molecule has 0 aromatic heterocycles. The number of hydrogen-bond acceptors (Lipinski definition) is 4. The average molecular weight is 667 g/mol. The lowest BCUT2D eigenvalue weighted by atomic mass is 10.0. The molecule has 1 atom stereocenters. The first-order valence-electron chi connectivity index (χ1n) is 14.6. The Morgan fingerprint density at radius 3 is 1.98 bits per heavy atom. The van der Waals surface area contributed by atoms with E-state index in [1.807, 2.05) is 64.1 Å². The van der Waals surface area contributed by atoms with Crippen LogP contribution < -0.4 is 9.62 Å². The summed E-state index contributed by atoms with van der Waals surface area (Å²) in [5.41, 5.74) is 3.45. The lowest BCUT2D eigenvalue weighted by Gasteiger charge is -2.34. The Morgan fingerprint density at radius 2 is 1.40 bits per heavy atom. The number of anilines is 1. The lowest BCUT2D eigenvalue weighted by molar-refractivity contribution is -0.140. The Morgan fingerprint density at radius 1 is 0.800 bits per heavy atom. The van der Waals surface area contributed by atoms with E-state index < -0.39 is 28.5 Å². The molecule has 0 aliphatic carbocycles. The molecule has 0 bridgehead atoms. The van der Waals surface area contributed by atoms with Gasteiger partial charge in [-0.25, -0.2) is 8.42 Å². The Labute approximate surface area is 275 Å². The fourth-order valence-corrected chi connectivity index (χ4v) is 6.86. The van der Waals surface area contributed by atoms with Gasteiger partial charge in [0.15, 0.2) is 0 Å². The molecule has 236 valence electrons. The Bertz CT molecular complexity index is 1730. The summed E-state index contributed by atoms with van der Waals surface area (Å²) >= 11 is 13.1. The van der Waals surface area contributed by atoms with Gasteiger partial charge in [0.25, 0.3) is 10.0 Å². The molecule has 0 radical (unpaired) electrons. The van der Waals surface area contributed by atoms with E-state index in [1.54, 1.807) is 48.5 Å². The third-order valence-electron chi connectivity index (χ3n) is 7.48. The van der Waals surface area contributed by atoms with Gasteiger partial charge in [0.2, 0.25) is 11.8 Å². The van der Waals surface area contributed by atoms with Crippen molar-refractivity contribution in [2.75, 3.05) is 10.8 Å². The SMILES string of the molecule is Cc1ccc(N(CC(=O)N(Cc2c(Cl)cccc2Cl)[C@H](Cc2ccccc2)C(=O)NC(C)C)S(=O)(=O)c2ccccc2)cc1C. The van der Waals surface area contributed by atoms with Crippen LogP contribution in [0.25, 0.3) is 0 Å². The van der Waals surface area contributed by atoms with Gasteiger partial charge in [-0.3, -0.25) is 13.9 Å². The number of rotatable bonds is 12. The average Bonchev–Trinajstić information content (AvgIpc) is 3.00. The molecule has 0 fully saturated rings. The number of hydrogen-bond donors (Lipinski definition) is 1. The maximum atomic E-state index is 14.6. The van der Waals surface area contributed by atoms with Gasteiger partial charge in [-0.05, 0) is 80.8 Å². The van der Waals surface area contributed by atoms with Crippen LogP contribution >= 0.6 is 23.2 Å². The van der Waals surface area contributed by atoms with E-state index in [-0.39, 0.29) is 29.8 Å². The van der Waals surface area contributed by atoms with Gasteiger partial charge in [-0.1, -0.05) is 83.9 Å². The highest BCUT2D eigenvalue weighted by Crippen LogP contribution is 2.29. The molecule has 0 heterocycles. The van der Waals surface area contributed by atoms with E-state index >= 15 is 0 Å². The lowest BCUT2D eigenvalue weighted by Crippen LogP contribution is -2.54. The van der Waals surface area contributed by atoms with Crippen molar-refractivity contribution in [3.8, 4) is 0 Å². The third-order valence-corrected chi connectivity index (χ3v) is 9.98. The molecule has 1 N–H and O–H groups in total. The van der Waals surface area contributed by atoms with Crippen molar-refractivity contribution in [3.63, 3.8) is 0 Å². The number of benzene rings is 4. The number of carbonyl (C=O) groups is 2. The molecule has 7 nitrogen and oxygen atoms in total. The smallest absolute Gasteiger partial charge is 0.264 e. The molecule has 0 unspecified atom stereocenters. The van der Waals surface area contributed by atoms with Crippen LogP contribution in [0.3, 0.4) is 0 Å². The number of nitrogens with zero attached hydrogens (tertiary/aromatic N) is 2. The summed E-state index contributed by atoms with van der Waals surface area (Å²) < 4.78 is 29.4. The predicted molar refractivity (Wildman–Crippen MR) is 181 cm³/mol. The summed E-state index contributed by atoms with van der Waals surface area (Å²) in [7, 11) is -4.19. The molecule has 0 aliphatic rings. The Kier molecular flexibility index (Phi) is 11.3. The van der Waals surface area contributed by atoms with Crippen molar-refractivity contribution < 1.29 is 18.0 Å². The van der Waals surface area contributed by atoms with Crippen molar-refractivity contribution >= 4 is 50.7 Å². The van der Waals surface area contributed by atoms with Crippen LogP contribution in [0.15, 0.2) is 102 Å². The minimum Gasteiger partial charge on any atom is -0.352 e. The molecule has 0 spiro atoms. The van der Waals surface area contributed by atoms with Gasteiger partial charge < -0.3 is 10.2 Å². The molecule has 4 aromatic carbocycles. The second-order valence-electron chi connectivity index (χ2n) is 11.2. The summed E-state index contributed by atoms with van der Waals surface area (Å²) in [6.45, 7) is 6.79. The van der Waals surface area contributed by atoms with Crippen LogP contribution in [-0.4, -0.2) is 43.8 Å². The molecular weight excluding hydrogens is 629 g/mol. The Balaban J connectivity index is 1.85. The van der Waals surface area contributed by atoms with Crippen molar-refractivity contribution in [2.45, 2.75) is 57.6 Å². The number of amides is 2. The van der Waals surface area contributed by atoms with Crippen LogP contribution in [0.5, 0.6) is 0 Å². The van der Waals surface area contributed by atoms with Crippen LogP contribution in [0, 0.1) is 13.8 Å². The van der Waals surface area contributed by atoms with Gasteiger partial charge in [-0.15, -0.1) is 0 Å². The second kappa shape index (κ2) is 15.0. The van der Waals surface area contributed by atoms with E-state index in [0.29, 0.717) is 21.3 Å². The molecule has 45 heavy (non-hydrogen) atoms. The third kappa shape index (κ3) is 8.45.